The van der Waals surface area contributed by atoms with Crippen LogP contribution in [0.5, 0.6) is 0 Å². The fraction of sp³-hybridized carbons (Fsp3) is 0.353. The molecule has 1 saturated heterocycles. The lowest BCUT2D eigenvalue weighted by atomic mass is 10.0. The Morgan fingerprint density at radius 3 is 2.80 bits per heavy atom. The summed E-state index contributed by atoms with van der Waals surface area (Å²) in [5.41, 5.74) is 0.832. The van der Waals surface area contributed by atoms with Crippen molar-refractivity contribution >= 4 is 35.0 Å². The summed E-state index contributed by atoms with van der Waals surface area (Å²) in [5, 5.41) is 3.67. The van der Waals surface area contributed by atoms with Gasteiger partial charge in [0.15, 0.2) is 5.69 Å². The molecular formula is C17H17Cl2N3O3. The fourth-order valence-corrected chi connectivity index (χ4v) is 2.98. The Bertz CT molecular complexity index is 835. The van der Waals surface area contributed by atoms with Crippen LogP contribution < -0.4 is 5.32 Å². The highest BCUT2D eigenvalue weighted by molar-refractivity contribution is 6.42. The van der Waals surface area contributed by atoms with E-state index in [4.69, 9.17) is 27.6 Å². The monoisotopic (exact) mass is 381 g/mol. The molecule has 2 heterocycles. The van der Waals surface area contributed by atoms with Gasteiger partial charge in [-0.15, -0.1) is 0 Å². The largest absolute Gasteiger partial charge is 0.441 e. The number of nitrogens with one attached hydrogen (secondary N) is 1. The first kappa shape index (κ1) is 17.8. The Labute approximate surface area is 155 Å². The van der Waals surface area contributed by atoms with Crippen molar-refractivity contribution < 1.29 is 14.0 Å². The molecule has 1 aliphatic heterocycles. The van der Waals surface area contributed by atoms with Gasteiger partial charge in [-0.3, -0.25) is 9.59 Å². The fourth-order valence-electron chi connectivity index (χ4n) is 2.68. The summed E-state index contributed by atoms with van der Waals surface area (Å²) >= 11 is 11.9. The molecule has 0 bridgehead atoms. The highest BCUT2D eigenvalue weighted by Gasteiger charge is 2.27. The highest BCUT2D eigenvalue weighted by atomic mass is 35.5. The van der Waals surface area contributed by atoms with Gasteiger partial charge in [0.05, 0.1) is 10.0 Å². The van der Waals surface area contributed by atoms with E-state index in [-0.39, 0.29) is 23.6 Å². The number of halogens is 2. The zero-order valence-electron chi connectivity index (χ0n) is 13.8. The molecule has 1 fully saturated rings. The lowest BCUT2D eigenvalue weighted by molar-refractivity contribution is -0.132. The van der Waals surface area contributed by atoms with Gasteiger partial charge in [-0.1, -0.05) is 23.2 Å². The lowest BCUT2D eigenvalue weighted by Gasteiger charge is -2.29. The number of aromatic nitrogens is 1. The predicted octanol–water partition coefficient (Wildman–Crippen LogP) is 3.31. The van der Waals surface area contributed by atoms with E-state index in [1.165, 1.54) is 0 Å². The molecule has 1 aromatic carbocycles. The number of amides is 2. The highest BCUT2D eigenvalue weighted by Crippen LogP contribution is 2.29. The first-order valence-corrected chi connectivity index (χ1v) is 8.58. The minimum Gasteiger partial charge on any atom is -0.441 e. The Hall–Kier alpha value is -2.05. The van der Waals surface area contributed by atoms with Crippen LogP contribution in [0.15, 0.2) is 22.6 Å². The predicted molar refractivity (Wildman–Crippen MR) is 94.8 cm³/mol. The van der Waals surface area contributed by atoms with Gasteiger partial charge in [-0.05, 0) is 31.5 Å². The van der Waals surface area contributed by atoms with E-state index in [1.807, 2.05) is 0 Å². The maximum atomic E-state index is 12.5. The second-order valence-electron chi connectivity index (χ2n) is 6.03. The molecule has 0 aliphatic carbocycles. The third kappa shape index (κ3) is 3.80. The number of carbonyl (C=O) groups excluding carboxylic acids is 2. The normalized spacial score (nSPS) is 17.7. The van der Waals surface area contributed by atoms with Crippen LogP contribution in [0.2, 0.25) is 10.0 Å². The zero-order valence-corrected chi connectivity index (χ0v) is 15.3. The van der Waals surface area contributed by atoms with Crippen LogP contribution >= 0.6 is 23.2 Å². The first-order chi connectivity index (χ1) is 11.8. The number of carbonyl (C=O) groups is 2. The van der Waals surface area contributed by atoms with Crippen LogP contribution in [0.1, 0.15) is 29.1 Å². The average molecular weight is 382 g/mol. The van der Waals surface area contributed by atoms with Crippen LogP contribution in [-0.2, 0) is 4.79 Å². The van der Waals surface area contributed by atoms with Gasteiger partial charge in [0.2, 0.25) is 11.8 Å². The number of piperidine rings is 1. The van der Waals surface area contributed by atoms with Crippen LogP contribution in [0.4, 0.5) is 0 Å². The molecule has 6 nitrogen and oxygen atoms in total. The smallest absolute Gasteiger partial charge is 0.273 e. The Kier molecular flexibility index (Phi) is 5.01. The number of nitrogens with zero attached hydrogens (tertiary/aromatic N) is 2. The van der Waals surface area contributed by atoms with E-state index < -0.39 is 0 Å². The summed E-state index contributed by atoms with van der Waals surface area (Å²) in [6, 6.07) is 4.80. The zero-order chi connectivity index (χ0) is 18.1. The second kappa shape index (κ2) is 7.06. The summed E-state index contributed by atoms with van der Waals surface area (Å²) < 4.78 is 5.60. The number of rotatable bonds is 3. The summed E-state index contributed by atoms with van der Waals surface area (Å²) in [7, 11) is 1.76. The van der Waals surface area contributed by atoms with Gasteiger partial charge in [0.25, 0.3) is 5.91 Å². The van der Waals surface area contributed by atoms with E-state index in [1.54, 1.807) is 37.1 Å². The van der Waals surface area contributed by atoms with Crippen LogP contribution in [0.25, 0.3) is 11.5 Å². The molecule has 25 heavy (non-hydrogen) atoms. The molecule has 1 N–H and O–H groups in total. The van der Waals surface area contributed by atoms with Crippen molar-refractivity contribution in [1.29, 1.82) is 0 Å². The summed E-state index contributed by atoms with van der Waals surface area (Å²) in [5.74, 6) is 0.360. The van der Waals surface area contributed by atoms with E-state index in [9.17, 15) is 9.59 Å². The van der Waals surface area contributed by atoms with Crippen molar-refractivity contribution in [3.8, 4) is 11.5 Å². The van der Waals surface area contributed by atoms with Gasteiger partial charge in [0, 0.05) is 31.6 Å². The van der Waals surface area contributed by atoms with Gasteiger partial charge in [-0.2, -0.15) is 0 Å². The van der Waals surface area contributed by atoms with Gasteiger partial charge >= 0.3 is 0 Å². The van der Waals surface area contributed by atoms with Gasteiger partial charge in [-0.25, -0.2) is 4.98 Å². The average Bonchev–Trinajstić information content (AvgIpc) is 2.95. The Morgan fingerprint density at radius 2 is 2.12 bits per heavy atom. The van der Waals surface area contributed by atoms with Crippen LogP contribution in [-0.4, -0.2) is 41.3 Å². The maximum Gasteiger partial charge on any atom is 0.273 e. The van der Waals surface area contributed by atoms with E-state index >= 15 is 0 Å². The second-order valence-corrected chi connectivity index (χ2v) is 6.85. The van der Waals surface area contributed by atoms with Crippen molar-refractivity contribution in [3.05, 3.63) is 39.7 Å². The molecule has 2 amide bonds. The number of hydrogen-bond donors (Lipinski definition) is 1. The Morgan fingerprint density at radius 1 is 1.36 bits per heavy atom. The van der Waals surface area contributed by atoms with Crippen molar-refractivity contribution in [2.75, 3.05) is 13.6 Å². The quantitative estimate of drug-likeness (QED) is 0.884. The number of oxazole rings is 1. The number of hydrogen-bond acceptors (Lipinski definition) is 4. The third-order valence-corrected chi connectivity index (χ3v) is 4.91. The third-order valence-electron chi connectivity index (χ3n) is 4.17. The number of aryl methyl sites for hydroxylation is 1. The Balaban J connectivity index is 1.76. The first-order valence-electron chi connectivity index (χ1n) is 7.83. The molecule has 1 aliphatic rings. The number of benzene rings is 1. The SMILES string of the molecule is Cc1oc(-c2ccc(Cl)c(Cl)c2)nc1C(=O)NC1CCN(C)C(=O)C1. The van der Waals surface area contributed by atoms with Crippen molar-refractivity contribution in [3.63, 3.8) is 0 Å². The van der Waals surface area contributed by atoms with Crippen LogP contribution in [0.3, 0.4) is 0 Å². The molecule has 8 heteroatoms. The molecule has 1 atom stereocenters. The molecule has 0 saturated carbocycles. The summed E-state index contributed by atoms with van der Waals surface area (Å²) in [6.45, 7) is 2.29. The molecule has 1 unspecified atom stereocenters. The minimum atomic E-state index is -0.352. The van der Waals surface area contributed by atoms with Gasteiger partial charge in [0.1, 0.15) is 5.76 Å². The minimum absolute atomic E-state index is 0.0184. The topological polar surface area (TPSA) is 75.4 Å². The van der Waals surface area contributed by atoms with Crippen LogP contribution in [0, 0.1) is 6.92 Å². The molecular weight excluding hydrogens is 365 g/mol. The number of likely N-dealkylation sites (tertiary alicyclic amines) is 1. The molecule has 2 aromatic rings. The molecule has 0 spiro atoms. The van der Waals surface area contributed by atoms with E-state index in [0.717, 1.165) is 0 Å². The van der Waals surface area contributed by atoms with E-state index in [0.29, 0.717) is 46.6 Å². The van der Waals surface area contributed by atoms with E-state index in [2.05, 4.69) is 10.3 Å². The standard InChI is InChI=1S/C17H17Cl2N3O3/c1-9-15(16(24)20-11-5-6-22(2)14(23)8-11)21-17(25-9)10-3-4-12(18)13(19)7-10/h3-4,7,11H,5-6,8H2,1-2H3,(H,20,24). The molecule has 1 aromatic heterocycles. The van der Waals surface area contributed by atoms with Crippen molar-refractivity contribution in [2.45, 2.75) is 25.8 Å². The van der Waals surface area contributed by atoms with Crippen molar-refractivity contribution in [1.82, 2.24) is 15.2 Å². The lowest BCUT2D eigenvalue weighted by Crippen LogP contribution is -2.46. The van der Waals surface area contributed by atoms with Gasteiger partial charge < -0.3 is 14.6 Å². The molecule has 0 radical (unpaired) electrons. The maximum absolute atomic E-state index is 12.5. The summed E-state index contributed by atoms with van der Waals surface area (Å²) in [4.78, 5) is 30.2. The molecule has 132 valence electrons. The molecule has 3 rings (SSSR count). The van der Waals surface area contributed by atoms with Crippen molar-refractivity contribution in [2.24, 2.45) is 0 Å². The summed E-state index contributed by atoms with van der Waals surface area (Å²) in [6.07, 6.45) is 1.00.